The Kier molecular flexibility index (Phi) is 8.91. The van der Waals surface area contributed by atoms with E-state index in [1.165, 1.54) is 0 Å². The van der Waals surface area contributed by atoms with Crippen molar-refractivity contribution in [1.82, 2.24) is 10.2 Å². The first kappa shape index (κ1) is 24.3. The van der Waals surface area contributed by atoms with Crippen LogP contribution in [0.5, 0.6) is 11.5 Å². The van der Waals surface area contributed by atoms with Crippen molar-refractivity contribution in [3.8, 4) is 11.5 Å². The summed E-state index contributed by atoms with van der Waals surface area (Å²) in [6.45, 7) is 9.87. The van der Waals surface area contributed by atoms with E-state index < -0.39 is 6.04 Å². The summed E-state index contributed by atoms with van der Waals surface area (Å²) in [6.07, 6.45) is 0.504. The van der Waals surface area contributed by atoms with E-state index in [0.29, 0.717) is 18.7 Å². The van der Waals surface area contributed by atoms with Gasteiger partial charge in [0, 0.05) is 12.6 Å². The van der Waals surface area contributed by atoms with Crippen LogP contribution >= 0.6 is 0 Å². The maximum Gasteiger partial charge on any atom is 0.261 e. The van der Waals surface area contributed by atoms with E-state index in [9.17, 15) is 9.59 Å². The van der Waals surface area contributed by atoms with Crippen LogP contribution in [0.3, 0.4) is 0 Å². The first-order valence-electron chi connectivity index (χ1n) is 10.7. The smallest absolute Gasteiger partial charge is 0.261 e. The largest absolute Gasteiger partial charge is 0.497 e. The van der Waals surface area contributed by atoms with Crippen molar-refractivity contribution in [2.75, 3.05) is 13.7 Å². The Labute approximate surface area is 185 Å². The normalized spacial score (nSPS) is 11.7. The number of hydrogen-bond acceptors (Lipinski definition) is 4. The number of hydrogen-bond donors (Lipinski definition) is 1. The van der Waals surface area contributed by atoms with Crippen molar-refractivity contribution in [2.45, 2.75) is 59.7 Å². The molecule has 0 aliphatic carbocycles. The molecule has 0 aliphatic heterocycles. The third-order valence-electron chi connectivity index (χ3n) is 5.23. The SMILES string of the molecule is CC[C@H](C(=O)NC(C)C)N(Cc1ccc(OC)cc1)C(=O)COc1cccc(C)c1C. The third-order valence-corrected chi connectivity index (χ3v) is 5.23. The molecule has 168 valence electrons. The van der Waals surface area contributed by atoms with E-state index in [1.54, 1.807) is 12.0 Å². The quantitative estimate of drug-likeness (QED) is 0.623. The maximum absolute atomic E-state index is 13.2. The molecule has 0 fully saturated rings. The first-order valence-corrected chi connectivity index (χ1v) is 10.7. The lowest BCUT2D eigenvalue weighted by molar-refractivity contribution is -0.143. The van der Waals surface area contributed by atoms with E-state index in [0.717, 1.165) is 22.4 Å². The number of nitrogens with one attached hydrogen (secondary N) is 1. The van der Waals surface area contributed by atoms with Crippen molar-refractivity contribution in [3.63, 3.8) is 0 Å². The molecule has 6 heteroatoms. The molecule has 2 rings (SSSR count). The second kappa shape index (κ2) is 11.4. The average molecular weight is 427 g/mol. The highest BCUT2D eigenvalue weighted by Gasteiger charge is 2.29. The van der Waals surface area contributed by atoms with Gasteiger partial charge in [0.25, 0.3) is 5.91 Å². The van der Waals surface area contributed by atoms with Crippen LogP contribution in [0.1, 0.15) is 43.9 Å². The molecule has 1 N–H and O–H groups in total. The second-order valence-corrected chi connectivity index (χ2v) is 7.94. The summed E-state index contributed by atoms with van der Waals surface area (Å²) in [6, 6.07) is 12.7. The van der Waals surface area contributed by atoms with Crippen molar-refractivity contribution < 1.29 is 19.1 Å². The molecular formula is C25H34N2O4. The maximum atomic E-state index is 13.2. The van der Waals surface area contributed by atoms with Gasteiger partial charge in [-0.15, -0.1) is 0 Å². The highest BCUT2D eigenvalue weighted by atomic mass is 16.5. The van der Waals surface area contributed by atoms with Crippen molar-refractivity contribution in [3.05, 3.63) is 59.2 Å². The fraction of sp³-hybridized carbons (Fsp3) is 0.440. The Balaban J connectivity index is 2.24. The van der Waals surface area contributed by atoms with E-state index >= 15 is 0 Å². The summed E-state index contributed by atoms with van der Waals surface area (Å²) in [4.78, 5) is 27.7. The Bertz CT molecular complexity index is 878. The van der Waals surface area contributed by atoms with Gasteiger partial charge in [-0.05, 0) is 69.0 Å². The zero-order valence-electron chi connectivity index (χ0n) is 19.4. The van der Waals surface area contributed by atoms with Crippen LogP contribution in [-0.2, 0) is 16.1 Å². The summed E-state index contributed by atoms with van der Waals surface area (Å²) in [5.41, 5.74) is 3.01. The Morgan fingerprint density at radius 3 is 2.32 bits per heavy atom. The van der Waals surface area contributed by atoms with Crippen molar-refractivity contribution in [1.29, 1.82) is 0 Å². The number of benzene rings is 2. The molecule has 31 heavy (non-hydrogen) atoms. The molecule has 0 saturated heterocycles. The molecule has 2 aromatic carbocycles. The van der Waals surface area contributed by atoms with Crippen molar-refractivity contribution in [2.24, 2.45) is 0 Å². The number of methoxy groups -OCH3 is 1. The van der Waals surface area contributed by atoms with Crippen LogP contribution in [0.25, 0.3) is 0 Å². The zero-order valence-corrected chi connectivity index (χ0v) is 19.4. The monoisotopic (exact) mass is 426 g/mol. The van der Waals surface area contributed by atoms with E-state index in [2.05, 4.69) is 5.32 Å². The van der Waals surface area contributed by atoms with Gasteiger partial charge in [0.05, 0.1) is 7.11 Å². The number of carbonyl (C=O) groups is 2. The van der Waals surface area contributed by atoms with E-state index in [-0.39, 0.29) is 24.5 Å². The molecule has 0 aliphatic rings. The summed E-state index contributed by atoms with van der Waals surface area (Å²) in [7, 11) is 1.61. The first-order chi connectivity index (χ1) is 14.8. The molecule has 6 nitrogen and oxygen atoms in total. The minimum Gasteiger partial charge on any atom is -0.497 e. The fourth-order valence-electron chi connectivity index (χ4n) is 3.33. The van der Waals surface area contributed by atoms with Crippen LogP contribution in [0.15, 0.2) is 42.5 Å². The molecule has 2 amide bonds. The fourth-order valence-corrected chi connectivity index (χ4v) is 3.33. The number of aryl methyl sites for hydroxylation is 1. The van der Waals surface area contributed by atoms with Gasteiger partial charge in [0.1, 0.15) is 17.5 Å². The Morgan fingerprint density at radius 1 is 1.06 bits per heavy atom. The second-order valence-electron chi connectivity index (χ2n) is 7.94. The Morgan fingerprint density at radius 2 is 1.74 bits per heavy atom. The van der Waals surface area contributed by atoms with Gasteiger partial charge in [0.2, 0.25) is 5.91 Å². The minimum atomic E-state index is -0.584. The standard InChI is InChI=1S/C25H34N2O4/c1-7-22(25(29)26-17(2)3)27(15-20-11-13-21(30-6)14-12-20)24(28)16-31-23-10-8-9-18(4)19(23)5/h8-14,17,22H,7,15-16H2,1-6H3,(H,26,29)/t22-/m1/s1. The molecule has 1 atom stereocenters. The van der Waals surface area contributed by atoms with Gasteiger partial charge in [-0.2, -0.15) is 0 Å². The number of carbonyl (C=O) groups excluding carboxylic acids is 2. The molecule has 0 bridgehead atoms. The molecule has 0 saturated carbocycles. The number of ether oxygens (including phenoxy) is 2. The molecule has 2 aromatic rings. The minimum absolute atomic E-state index is 0.00863. The lowest BCUT2D eigenvalue weighted by Crippen LogP contribution is -2.51. The van der Waals surface area contributed by atoms with E-state index in [1.807, 2.05) is 77.1 Å². The lowest BCUT2D eigenvalue weighted by Gasteiger charge is -2.31. The summed E-state index contributed by atoms with van der Waals surface area (Å²) in [5.74, 6) is 1.02. The van der Waals surface area contributed by atoms with Crippen LogP contribution in [-0.4, -0.2) is 42.5 Å². The predicted molar refractivity (Wildman–Crippen MR) is 122 cm³/mol. The summed E-state index contributed by atoms with van der Waals surface area (Å²) in [5, 5.41) is 2.93. The van der Waals surface area contributed by atoms with Crippen LogP contribution in [0.4, 0.5) is 0 Å². The third kappa shape index (κ3) is 6.74. The zero-order chi connectivity index (χ0) is 23.0. The Hall–Kier alpha value is -3.02. The van der Waals surface area contributed by atoms with Gasteiger partial charge in [0.15, 0.2) is 6.61 Å². The van der Waals surface area contributed by atoms with Gasteiger partial charge in [-0.25, -0.2) is 0 Å². The number of rotatable bonds is 10. The van der Waals surface area contributed by atoms with E-state index in [4.69, 9.17) is 9.47 Å². The highest BCUT2D eigenvalue weighted by molar-refractivity contribution is 5.88. The summed E-state index contributed by atoms with van der Waals surface area (Å²) < 4.78 is 11.1. The predicted octanol–water partition coefficient (Wildman–Crippen LogP) is 4.02. The number of amides is 2. The topological polar surface area (TPSA) is 67.9 Å². The van der Waals surface area contributed by atoms with Crippen LogP contribution in [0, 0.1) is 13.8 Å². The number of nitrogens with zero attached hydrogens (tertiary/aromatic N) is 1. The average Bonchev–Trinajstić information content (AvgIpc) is 2.74. The molecule has 0 unspecified atom stereocenters. The molecule has 0 spiro atoms. The van der Waals surface area contributed by atoms with Gasteiger partial charge in [-0.3, -0.25) is 9.59 Å². The van der Waals surface area contributed by atoms with Crippen LogP contribution in [0.2, 0.25) is 0 Å². The van der Waals surface area contributed by atoms with Gasteiger partial charge < -0.3 is 19.7 Å². The molecule has 0 radical (unpaired) electrons. The van der Waals surface area contributed by atoms with Gasteiger partial charge >= 0.3 is 0 Å². The van der Waals surface area contributed by atoms with Crippen LogP contribution < -0.4 is 14.8 Å². The molecule has 0 aromatic heterocycles. The van der Waals surface area contributed by atoms with Gasteiger partial charge in [-0.1, -0.05) is 31.2 Å². The highest BCUT2D eigenvalue weighted by Crippen LogP contribution is 2.21. The van der Waals surface area contributed by atoms with Crippen molar-refractivity contribution >= 4 is 11.8 Å². The summed E-state index contributed by atoms with van der Waals surface area (Å²) >= 11 is 0. The lowest BCUT2D eigenvalue weighted by atomic mass is 10.1. The molecular weight excluding hydrogens is 392 g/mol. The molecule has 0 heterocycles.